The van der Waals surface area contributed by atoms with Crippen molar-refractivity contribution in [2.75, 3.05) is 6.61 Å². The van der Waals surface area contributed by atoms with Crippen LogP contribution in [0.15, 0.2) is 36.9 Å². The second kappa shape index (κ2) is 7.24. The smallest absolute Gasteiger partial charge is 0.348 e. The van der Waals surface area contributed by atoms with E-state index < -0.39 is 0 Å². The molecule has 0 aliphatic rings. The molecule has 0 radical (unpaired) electrons. The van der Waals surface area contributed by atoms with E-state index in [1.165, 1.54) is 0 Å². The molecule has 0 aliphatic carbocycles. The SMILES string of the molecule is Br.C=CCOC(=O)C[n+]1c(C)n(CC)c2ccccc21. The van der Waals surface area contributed by atoms with Crippen molar-refractivity contribution >= 4 is 34.0 Å². The molecule has 5 heteroatoms. The number of rotatable bonds is 5. The number of ether oxygens (including phenoxy) is 1. The molecule has 1 aromatic heterocycles. The average molecular weight is 340 g/mol. The number of hydrogen-bond donors (Lipinski definition) is 0. The van der Waals surface area contributed by atoms with Crippen molar-refractivity contribution in [1.82, 2.24) is 4.57 Å². The quantitative estimate of drug-likeness (QED) is 0.476. The molecule has 108 valence electrons. The van der Waals surface area contributed by atoms with Gasteiger partial charge in [0.15, 0.2) is 17.6 Å². The van der Waals surface area contributed by atoms with Crippen LogP contribution in [0.2, 0.25) is 0 Å². The lowest BCUT2D eigenvalue weighted by atomic mass is 10.3. The fourth-order valence-electron chi connectivity index (χ4n) is 2.34. The summed E-state index contributed by atoms with van der Waals surface area (Å²) in [6.45, 7) is 9.01. The fourth-order valence-corrected chi connectivity index (χ4v) is 2.34. The highest BCUT2D eigenvalue weighted by Crippen LogP contribution is 2.13. The molecule has 1 heterocycles. The van der Waals surface area contributed by atoms with Crippen LogP contribution in [0.3, 0.4) is 0 Å². The van der Waals surface area contributed by atoms with Crippen LogP contribution in [-0.2, 0) is 22.6 Å². The summed E-state index contributed by atoms with van der Waals surface area (Å²) in [4.78, 5) is 11.8. The lowest BCUT2D eigenvalue weighted by Crippen LogP contribution is -2.41. The predicted octanol–water partition coefficient (Wildman–Crippen LogP) is 2.56. The van der Waals surface area contributed by atoms with Gasteiger partial charge < -0.3 is 4.74 Å². The normalized spacial score (nSPS) is 10.1. The topological polar surface area (TPSA) is 35.1 Å². The Morgan fingerprint density at radius 2 is 2.15 bits per heavy atom. The van der Waals surface area contributed by atoms with Crippen LogP contribution in [-0.4, -0.2) is 17.1 Å². The van der Waals surface area contributed by atoms with Crippen LogP contribution in [0.25, 0.3) is 11.0 Å². The monoisotopic (exact) mass is 339 g/mol. The van der Waals surface area contributed by atoms with Crippen LogP contribution < -0.4 is 4.57 Å². The van der Waals surface area contributed by atoms with Gasteiger partial charge in [-0.15, -0.1) is 17.0 Å². The van der Waals surface area contributed by atoms with Crippen molar-refractivity contribution in [2.24, 2.45) is 0 Å². The van der Waals surface area contributed by atoms with Gasteiger partial charge in [0, 0.05) is 6.92 Å². The van der Waals surface area contributed by atoms with Crippen LogP contribution >= 0.6 is 17.0 Å². The summed E-state index contributed by atoms with van der Waals surface area (Å²) in [5, 5.41) is 0. The Bertz CT molecular complexity index is 620. The third kappa shape index (κ3) is 3.10. The number of aryl methyl sites for hydroxylation is 1. The summed E-state index contributed by atoms with van der Waals surface area (Å²) in [7, 11) is 0. The number of fused-ring (bicyclic) bond motifs is 1. The second-order valence-corrected chi connectivity index (χ2v) is 4.34. The Balaban J connectivity index is 0.00000200. The van der Waals surface area contributed by atoms with Crippen molar-refractivity contribution in [3.63, 3.8) is 0 Å². The number of halogens is 1. The minimum atomic E-state index is -0.244. The van der Waals surface area contributed by atoms with E-state index in [9.17, 15) is 4.79 Å². The molecule has 0 fully saturated rings. The minimum absolute atomic E-state index is 0. The van der Waals surface area contributed by atoms with Gasteiger partial charge in [-0.25, -0.2) is 13.9 Å². The summed E-state index contributed by atoms with van der Waals surface area (Å²) in [5.74, 6) is 0.811. The van der Waals surface area contributed by atoms with E-state index in [1.807, 2.05) is 29.7 Å². The van der Waals surface area contributed by atoms with E-state index in [-0.39, 0.29) is 36.1 Å². The summed E-state index contributed by atoms with van der Waals surface area (Å²) in [6, 6.07) is 8.08. The van der Waals surface area contributed by atoms with E-state index in [1.54, 1.807) is 6.08 Å². The molecule has 0 saturated carbocycles. The number of benzene rings is 1. The van der Waals surface area contributed by atoms with E-state index in [0.29, 0.717) is 0 Å². The second-order valence-electron chi connectivity index (χ2n) is 4.34. The summed E-state index contributed by atoms with van der Waals surface area (Å²) in [5.41, 5.74) is 2.19. The van der Waals surface area contributed by atoms with Gasteiger partial charge in [-0.05, 0) is 19.1 Å². The van der Waals surface area contributed by atoms with Gasteiger partial charge >= 0.3 is 5.97 Å². The zero-order valence-corrected chi connectivity index (χ0v) is 13.5. The maximum atomic E-state index is 11.8. The number of aromatic nitrogens is 2. The van der Waals surface area contributed by atoms with Gasteiger partial charge in [0.25, 0.3) is 5.82 Å². The third-order valence-electron chi connectivity index (χ3n) is 3.21. The van der Waals surface area contributed by atoms with Crippen molar-refractivity contribution in [3.8, 4) is 0 Å². The fraction of sp³-hybridized carbons (Fsp3) is 0.333. The largest absolute Gasteiger partial charge is 0.459 e. The number of para-hydroxylation sites is 2. The molecule has 2 rings (SSSR count). The Morgan fingerprint density at radius 3 is 2.80 bits per heavy atom. The summed E-state index contributed by atoms with van der Waals surface area (Å²) >= 11 is 0. The molecule has 0 unspecified atom stereocenters. The number of carbonyl (C=O) groups is 1. The van der Waals surface area contributed by atoms with Crippen LogP contribution in [0.5, 0.6) is 0 Å². The Hall–Kier alpha value is -1.62. The molecule has 0 N–H and O–H groups in total. The number of carbonyl (C=O) groups excluding carboxylic acids is 1. The van der Waals surface area contributed by atoms with E-state index in [0.717, 1.165) is 23.4 Å². The maximum Gasteiger partial charge on any atom is 0.348 e. The maximum absolute atomic E-state index is 11.8. The average Bonchev–Trinajstić information content (AvgIpc) is 2.69. The highest BCUT2D eigenvalue weighted by atomic mass is 79.9. The van der Waals surface area contributed by atoms with Crippen LogP contribution in [0.1, 0.15) is 12.7 Å². The number of nitrogens with zero attached hydrogens (tertiary/aromatic N) is 2. The minimum Gasteiger partial charge on any atom is -0.459 e. The molecule has 4 nitrogen and oxygen atoms in total. The van der Waals surface area contributed by atoms with Crippen molar-refractivity contribution in [3.05, 3.63) is 42.7 Å². The third-order valence-corrected chi connectivity index (χ3v) is 3.21. The van der Waals surface area contributed by atoms with Gasteiger partial charge in [-0.2, -0.15) is 0 Å². The molecule has 0 aliphatic heterocycles. The summed E-state index contributed by atoms with van der Waals surface area (Å²) < 4.78 is 9.24. The molecule has 0 bridgehead atoms. The first-order valence-electron chi connectivity index (χ1n) is 6.43. The standard InChI is InChI=1S/C15H19N2O2.BrH/c1-4-10-19-15(18)11-17-12(3)16(5-2)13-8-6-7-9-14(13)17;/h4,6-9H,1,5,10-11H2,2-3H3;1H/q+1;. The molecule has 1 aromatic carbocycles. The Labute approximate surface area is 129 Å². The van der Waals surface area contributed by atoms with Gasteiger partial charge in [-0.1, -0.05) is 24.8 Å². The molecule has 0 amide bonds. The molecular weight excluding hydrogens is 320 g/mol. The molecule has 0 spiro atoms. The number of hydrogen-bond acceptors (Lipinski definition) is 2. The number of imidazole rings is 1. The number of esters is 1. The van der Waals surface area contributed by atoms with Crippen molar-refractivity contribution in [1.29, 1.82) is 0 Å². The molecule has 20 heavy (non-hydrogen) atoms. The molecule has 0 saturated heterocycles. The van der Waals surface area contributed by atoms with Crippen LogP contribution in [0.4, 0.5) is 0 Å². The zero-order chi connectivity index (χ0) is 13.8. The van der Waals surface area contributed by atoms with Crippen molar-refractivity contribution < 1.29 is 14.1 Å². The first-order valence-corrected chi connectivity index (χ1v) is 6.43. The predicted molar refractivity (Wildman–Crippen MR) is 84.0 cm³/mol. The van der Waals surface area contributed by atoms with Crippen molar-refractivity contribution in [2.45, 2.75) is 26.9 Å². The zero-order valence-electron chi connectivity index (χ0n) is 11.8. The van der Waals surface area contributed by atoms with E-state index in [2.05, 4.69) is 24.1 Å². The van der Waals surface area contributed by atoms with Crippen LogP contribution in [0, 0.1) is 6.92 Å². The lowest BCUT2D eigenvalue weighted by Gasteiger charge is -2.01. The lowest BCUT2D eigenvalue weighted by molar-refractivity contribution is -0.667. The van der Waals surface area contributed by atoms with Gasteiger partial charge in [0.2, 0.25) is 0 Å². The van der Waals surface area contributed by atoms with E-state index >= 15 is 0 Å². The van der Waals surface area contributed by atoms with Gasteiger partial charge in [0.1, 0.15) is 6.61 Å². The highest BCUT2D eigenvalue weighted by Gasteiger charge is 2.22. The highest BCUT2D eigenvalue weighted by molar-refractivity contribution is 8.93. The Morgan fingerprint density at radius 1 is 1.45 bits per heavy atom. The molecule has 0 atom stereocenters. The van der Waals surface area contributed by atoms with Gasteiger partial charge in [0.05, 0.1) is 6.54 Å². The van der Waals surface area contributed by atoms with Gasteiger partial charge in [-0.3, -0.25) is 0 Å². The first kappa shape index (κ1) is 16.4. The Kier molecular flexibility index (Phi) is 5.95. The molecule has 2 aromatic rings. The summed E-state index contributed by atoms with van der Waals surface area (Å²) in [6.07, 6.45) is 1.57. The molecular formula is C15H20BrN2O2+. The first-order chi connectivity index (χ1) is 9.19. The van der Waals surface area contributed by atoms with E-state index in [4.69, 9.17) is 4.74 Å².